The minimum atomic E-state index is -0.921. The number of anilines is 1. The van der Waals surface area contributed by atoms with Gasteiger partial charge in [-0.25, -0.2) is 9.78 Å². The number of nitrogens with zero attached hydrogens (tertiary/aromatic N) is 1. The molecule has 3 rings (SSSR count). The molecule has 0 aliphatic carbocycles. The SMILES string of the molecule is Nc1ncccc1-c1cc2cc(C(=O)O)ccc2s1. The van der Waals surface area contributed by atoms with E-state index in [2.05, 4.69) is 4.98 Å². The van der Waals surface area contributed by atoms with Gasteiger partial charge in [-0.15, -0.1) is 11.3 Å². The van der Waals surface area contributed by atoms with Crippen LogP contribution in [0.15, 0.2) is 42.6 Å². The monoisotopic (exact) mass is 270 g/mol. The van der Waals surface area contributed by atoms with Gasteiger partial charge in [0.1, 0.15) is 5.82 Å². The number of nitrogen functional groups attached to an aromatic ring is 1. The summed E-state index contributed by atoms with van der Waals surface area (Å²) in [5.74, 6) is -0.442. The number of carboxylic acids is 1. The lowest BCUT2D eigenvalue weighted by Gasteiger charge is -1.99. The first-order valence-corrected chi connectivity index (χ1v) is 6.44. The van der Waals surface area contributed by atoms with Crippen LogP contribution in [-0.2, 0) is 0 Å². The summed E-state index contributed by atoms with van der Waals surface area (Å²) < 4.78 is 1.03. The predicted octanol–water partition coefficient (Wildman–Crippen LogP) is 3.24. The Balaban J connectivity index is 2.17. The van der Waals surface area contributed by atoms with Gasteiger partial charge in [0.2, 0.25) is 0 Å². The number of hydrogen-bond donors (Lipinski definition) is 2. The van der Waals surface area contributed by atoms with E-state index in [0.29, 0.717) is 5.82 Å². The number of carbonyl (C=O) groups is 1. The molecule has 0 aliphatic heterocycles. The average molecular weight is 270 g/mol. The molecule has 1 aromatic carbocycles. The second-order valence-electron chi connectivity index (χ2n) is 4.10. The summed E-state index contributed by atoms with van der Waals surface area (Å²) in [7, 11) is 0. The predicted molar refractivity (Wildman–Crippen MR) is 76.4 cm³/mol. The van der Waals surface area contributed by atoms with E-state index in [4.69, 9.17) is 10.8 Å². The van der Waals surface area contributed by atoms with Crippen molar-refractivity contribution < 1.29 is 9.90 Å². The van der Waals surface area contributed by atoms with Gasteiger partial charge in [-0.2, -0.15) is 0 Å². The van der Waals surface area contributed by atoms with Crippen molar-refractivity contribution in [2.24, 2.45) is 0 Å². The van der Waals surface area contributed by atoms with Crippen LogP contribution in [0.3, 0.4) is 0 Å². The van der Waals surface area contributed by atoms with Crippen LogP contribution in [0, 0.1) is 0 Å². The number of rotatable bonds is 2. The third kappa shape index (κ3) is 2.04. The highest BCUT2D eigenvalue weighted by molar-refractivity contribution is 7.22. The molecule has 0 aliphatic rings. The van der Waals surface area contributed by atoms with Gasteiger partial charge in [0.15, 0.2) is 0 Å². The number of aromatic carboxylic acids is 1. The van der Waals surface area contributed by atoms with Gasteiger partial charge in [-0.3, -0.25) is 0 Å². The third-order valence-electron chi connectivity index (χ3n) is 2.87. The van der Waals surface area contributed by atoms with Crippen molar-refractivity contribution in [2.45, 2.75) is 0 Å². The van der Waals surface area contributed by atoms with E-state index in [1.165, 1.54) is 0 Å². The fourth-order valence-corrected chi connectivity index (χ4v) is 3.01. The van der Waals surface area contributed by atoms with E-state index in [0.717, 1.165) is 20.5 Å². The van der Waals surface area contributed by atoms with Crippen molar-refractivity contribution >= 4 is 33.2 Å². The number of aromatic nitrogens is 1. The zero-order valence-corrected chi connectivity index (χ0v) is 10.6. The second kappa shape index (κ2) is 4.37. The first-order valence-electron chi connectivity index (χ1n) is 5.63. The smallest absolute Gasteiger partial charge is 0.335 e. The lowest BCUT2D eigenvalue weighted by Crippen LogP contribution is -1.94. The number of carboxylic acid groups (broad SMARTS) is 1. The molecule has 0 radical (unpaired) electrons. The van der Waals surface area contributed by atoms with Crippen LogP contribution >= 0.6 is 11.3 Å². The van der Waals surface area contributed by atoms with Crippen molar-refractivity contribution in [1.82, 2.24) is 4.98 Å². The molecule has 0 saturated heterocycles. The van der Waals surface area contributed by atoms with Gasteiger partial charge in [-0.1, -0.05) is 0 Å². The zero-order chi connectivity index (χ0) is 13.4. The van der Waals surface area contributed by atoms with E-state index < -0.39 is 5.97 Å². The molecule has 0 amide bonds. The molecular formula is C14H10N2O2S. The molecule has 0 atom stereocenters. The zero-order valence-electron chi connectivity index (χ0n) is 9.83. The minimum Gasteiger partial charge on any atom is -0.478 e. The van der Waals surface area contributed by atoms with Crippen LogP contribution in [0.4, 0.5) is 5.82 Å². The Labute approximate surface area is 113 Å². The molecular weight excluding hydrogens is 260 g/mol. The molecule has 2 aromatic heterocycles. The molecule has 4 nitrogen and oxygen atoms in total. The van der Waals surface area contributed by atoms with Crippen LogP contribution in [0.1, 0.15) is 10.4 Å². The van der Waals surface area contributed by atoms with Crippen molar-refractivity contribution in [1.29, 1.82) is 0 Å². The lowest BCUT2D eigenvalue weighted by molar-refractivity contribution is 0.0697. The molecule has 2 heterocycles. The summed E-state index contributed by atoms with van der Waals surface area (Å²) in [6, 6.07) is 10.8. The first-order chi connectivity index (χ1) is 9.15. The Morgan fingerprint density at radius 1 is 1.26 bits per heavy atom. The van der Waals surface area contributed by atoms with E-state index in [9.17, 15) is 4.79 Å². The largest absolute Gasteiger partial charge is 0.478 e. The maximum atomic E-state index is 10.9. The summed E-state index contributed by atoms with van der Waals surface area (Å²) in [4.78, 5) is 16.0. The topological polar surface area (TPSA) is 76.2 Å². The Bertz CT molecular complexity index is 780. The molecule has 3 aromatic rings. The van der Waals surface area contributed by atoms with E-state index in [1.54, 1.807) is 29.7 Å². The van der Waals surface area contributed by atoms with Gasteiger partial charge < -0.3 is 10.8 Å². The third-order valence-corrected chi connectivity index (χ3v) is 4.02. The maximum absolute atomic E-state index is 10.9. The van der Waals surface area contributed by atoms with Gasteiger partial charge in [0.05, 0.1) is 5.56 Å². The van der Waals surface area contributed by atoms with Gasteiger partial charge in [0.25, 0.3) is 0 Å². The standard InChI is InChI=1S/C14H10N2O2S/c15-13-10(2-1-5-16-13)12-7-9-6-8(14(17)18)3-4-11(9)19-12/h1-7H,(H2,15,16)(H,17,18). The van der Waals surface area contributed by atoms with E-state index in [1.807, 2.05) is 24.3 Å². The first kappa shape index (κ1) is 11.7. The number of fused-ring (bicyclic) bond motifs is 1. The van der Waals surface area contributed by atoms with Crippen molar-refractivity contribution in [3.8, 4) is 10.4 Å². The molecule has 0 unspecified atom stereocenters. The van der Waals surface area contributed by atoms with Crippen molar-refractivity contribution in [2.75, 3.05) is 5.73 Å². The normalized spacial score (nSPS) is 10.7. The highest BCUT2D eigenvalue weighted by atomic mass is 32.1. The van der Waals surface area contributed by atoms with Crippen LogP contribution in [-0.4, -0.2) is 16.1 Å². The minimum absolute atomic E-state index is 0.288. The average Bonchev–Trinajstić information content (AvgIpc) is 2.81. The van der Waals surface area contributed by atoms with E-state index in [-0.39, 0.29) is 5.56 Å². The van der Waals surface area contributed by atoms with Gasteiger partial charge in [0, 0.05) is 21.3 Å². The highest BCUT2D eigenvalue weighted by Crippen LogP contribution is 2.35. The molecule has 94 valence electrons. The maximum Gasteiger partial charge on any atom is 0.335 e. The summed E-state index contributed by atoms with van der Waals surface area (Å²) in [5, 5.41) is 9.89. The van der Waals surface area contributed by atoms with Crippen LogP contribution < -0.4 is 5.73 Å². The number of thiophene rings is 1. The Hall–Kier alpha value is -2.40. The van der Waals surface area contributed by atoms with Crippen LogP contribution in [0.2, 0.25) is 0 Å². The molecule has 0 spiro atoms. The number of hydrogen-bond acceptors (Lipinski definition) is 4. The molecule has 0 bridgehead atoms. The second-order valence-corrected chi connectivity index (χ2v) is 5.19. The summed E-state index contributed by atoms with van der Waals surface area (Å²) in [5.41, 5.74) is 7.02. The van der Waals surface area contributed by atoms with Crippen molar-refractivity contribution in [3.05, 3.63) is 48.2 Å². The van der Waals surface area contributed by atoms with Crippen molar-refractivity contribution in [3.63, 3.8) is 0 Å². The molecule has 0 fully saturated rings. The van der Waals surface area contributed by atoms with Gasteiger partial charge >= 0.3 is 5.97 Å². The molecule has 5 heteroatoms. The van der Waals surface area contributed by atoms with Crippen LogP contribution in [0.5, 0.6) is 0 Å². The van der Waals surface area contributed by atoms with Gasteiger partial charge in [-0.05, 0) is 41.8 Å². The Kier molecular flexibility index (Phi) is 2.68. The number of pyridine rings is 1. The Morgan fingerprint density at radius 2 is 2.11 bits per heavy atom. The Morgan fingerprint density at radius 3 is 2.84 bits per heavy atom. The number of benzene rings is 1. The molecule has 0 saturated carbocycles. The molecule has 19 heavy (non-hydrogen) atoms. The summed E-state index contributed by atoms with van der Waals surface area (Å²) >= 11 is 1.57. The van der Waals surface area contributed by atoms with E-state index >= 15 is 0 Å². The number of nitrogens with two attached hydrogens (primary N) is 1. The quantitative estimate of drug-likeness (QED) is 0.749. The summed E-state index contributed by atoms with van der Waals surface area (Å²) in [6.07, 6.45) is 1.65. The lowest BCUT2D eigenvalue weighted by atomic mass is 10.1. The molecule has 3 N–H and O–H groups in total. The van der Waals surface area contributed by atoms with Crippen LogP contribution in [0.25, 0.3) is 20.5 Å². The summed E-state index contributed by atoms with van der Waals surface area (Å²) in [6.45, 7) is 0. The highest BCUT2D eigenvalue weighted by Gasteiger charge is 2.10. The fourth-order valence-electron chi connectivity index (χ4n) is 1.93. The fraction of sp³-hybridized carbons (Fsp3) is 0.